The molecule has 5 nitrogen and oxygen atoms in total. The molecule has 1 aliphatic rings. The molecule has 0 bridgehead atoms. The fourth-order valence-electron chi connectivity index (χ4n) is 1.44. The Labute approximate surface area is 96.4 Å². The number of carboxylic acid groups (broad SMARTS) is 1. The van der Waals surface area contributed by atoms with E-state index in [2.05, 4.69) is 10.3 Å². The van der Waals surface area contributed by atoms with Gasteiger partial charge in [-0.1, -0.05) is 11.6 Å². The number of nitrogens with zero attached hydrogens (tertiary/aromatic N) is 1. The Hall–Kier alpha value is -1.62. The Bertz CT molecular complexity index is 449. The molecule has 2 rings (SSSR count). The second-order valence-electron chi connectivity index (χ2n) is 3.61. The van der Waals surface area contributed by atoms with Crippen LogP contribution in [0, 0.1) is 11.8 Å². The number of amides is 1. The van der Waals surface area contributed by atoms with Crippen molar-refractivity contribution in [1.82, 2.24) is 4.98 Å². The van der Waals surface area contributed by atoms with Crippen molar-refractivity contribution < 1.29 is 14.7 Å². The predicted molar refractivity (Wildman–Crippen MR) is 57.1 cm³/mol. The first kappa shape index (κ1) is 10.9. The van der Waals surface area contributed by atoms with Gasteiger partial charge < -0.3 is 10.4 Å². The van der Waals surface area contributed by atoms with E-state index in [-0.39, 0.29) is 11.7 Å². The summed E-state index contributed by atoms with van der Waals surface area (Å²) in [6.07, 6.45) is 1.88. The molecule has 1 saturated carbocycles. The van der Waals surface area contributed by atoms with Gasteiger partial charge in [-0.25, -0.2) is 4.98 Å². The van der Waals surface area contributed by atoms with Crippen LogP contribution in [-0.4, -0.2) is 22.0 Å². The second-order valence-corrected chi connectivity index (χ2v) is 4.02. The number of hydrogen-bond acceptors (Lipinski definition) is 3. The van der Waals surface area contributed by atoms with Crippen LogP contribution in [-0.2, 0) is 9.59 Å². The molecule has 2 atom stereocenters. The van der Waals surface area contributed by atoms with Crippen molar-refractivity contribution in [3.8, 4) is 0 Å². The summed E-state index contributed by atoms with van der Waals surface area (Å²) in [7, 11) is 0. The Morgan fingerprint density at radius 1 is 1.50 bits per heavy atom. The largest absolute Gasteiger partial charge is 0.481 e. The summed E-state index contributed by atoms with van der Waals surface area (Å²) in [4.78, 5) is 26.0. The van der Waals surface area contributed by atoms with E-state index >= 15 is 0 Å². The monoisotopic (exact) mass is 240 g/mol. The van der Waals surface area contributed by atoms with Gasteiger partial charge in [0.15, 0.2) is 5.82 Å². The van der Waals surface area contributed by atoms with Gasteiger partial charge in [-0.3, -0.25) is 9.59 Å². The number of aliphatic carboxylic acids is 1. The maximum absolute atomic E-state index is 11.6. The summed E-state index contributed by atoms with van der Waals surface area (Å²) in [6, 6.07) is 3.25. The first-order valence-electron chi connectivity index (χ1n) is 4.74. The van der Waals surface area contributed by atoms with E-state index in [0.717, 1.165) is 0 Å². The molecule has 16 heavy (non-hydrogen) atoms. The lowest BCUT2D eigenvalue weighted by molar-refractivity contribution is -0.139. The van der Waals surface area contributed by atoms with E-state index in [1.807, 2.05) is 0 Å². The lowest BCUT2D eigenvalue weighted by Gasteiger charge is -2.04. The van der Waals surface area contributed by atoms with E-state index in [9.17, 15) is 9.59 Å². The maximum Gasteiger partial charge on any atom is 0.307 e. The molecule has 1 fully saturated rings. The quantitative estimate of drug-likeness (QED) is 0.837. The molecule has 0 spiro atoms. The summed E-state index contributed by atoms with van der Waals surface area (Å²) in [6.45, 7) is 0. The third-order valence-electron chi connectivity index (χ3n) is 2.44. The number of carbonyl (C=O) groups is 2. The van der Waals surface area contributed by atoms with Gasteiger partial charge >= 0.3 is 5.97 Å². The molecule has 1 aromatic rings. The molecule has 84 valence electrons. The standard InChI is InChI=1S/C10H9ClN2O3/c11-7-2-1-3-12-8(7)13-9(14)5-4-6(5)10(15)16/h1-3,5-6H,4H2,(H,15,16)(H,12,13,14)/t5-,6+/m1/s1. The molecule has 1 amide bonds. The molecular formula is C10H9ClN2O3. The molecule has 1 aliphatic carbocycles. The first-order valence-corrected chi connectivity index (χ1v) is 5.11. The Kier molecular flexibility index (Phi) is 2.78. The van der Waals surface area contributed by atoms with Gasteiger partial charge in [-0.2, -0.15) is 0 Å². The molecule has 1 aromatic heterocycles. The van der Waals surface area contributed by atoms with Crippen molar-refractivity contribution in [3.63, 3.8) is 0 Å². The third kappa shape index (κ3) is 2.14. The molecular weight excluding hydrogens is 232 g/mol. The van der Waals surface area contributed by atoms with Crippen molar-refractivity contribution in [1.29, 1.82) is 0 Å². The topological polar surface area (TPSA) is 79.3 Å². The van der Waals surface area contributed by atoms with Crippen LogP contribution in [0.25, 0.3) is 0 Å². The highest BCUT2D eigenvalue weighted by Gasteiger charge is 2.48. The van der Waals surface area contributed by atoms with E-state index in [1.54, 1.807) is 12.1 Å². The van der Waals surface area contributed by atoms with E-state index in [4.69, 9.17) is 16.7 Å². The second kappa shape index (κ2) is 4.09. The van der Waals surface area contributed by atoms with Gasteiger partial charge in [-0.05, 0) is 18.6 Å². The summed E-state index contributed by atoms with van der Waals surface area (Å²) in [5, 5.41) is 11.5. The summed E-state index contributed by atoms with van der Waals surface area (Å²) in [5.74, 6) is -2.04. The van der Waals surface area contributed by atoms with Crippen LogP contribution in [0.1, 0.15) is 6.42 Å². The first-order chi connectivity index (χ1) is 7.59. The number of nitrogens with one attached hydrogen (secondary N) is 1. The normalized spacial score (nSPS) is 22.6. The lowest BCUT2D eigenvalue weighted by atomic mass is 10.3. The number of pyridine rings is 1. The number of rotatable bonds is 3. The van der Waals surface area contributed by atoms with Crippen LogP contribution in [0.2, 0.25) is 5.02 Å². The summed E-state index contributed by atoms with van der Waals surface area (Å²) in [5.41, 5.74) is 0. The van der Waals surface area contributed by atoms with Crippen LogP contribution < -0.4 is 5.32 Å². The van der Waals surface area contributed by atoms with Crippen LogP contribution in [0.3, 0.4) is 0 Å². The zero-order valence-electron chi connectivity index (χ0n) is 8.18. The van der Waals surface area contributed by atoms with Crippen molar-refractivity contribution in [2.75, 3.05) is 5.32 Å². The van der Waals surface area contributed by atoms with Crippen LogP contribution >= 0.6 is 11.6 Å². The molecule has 0 unspecified atom stereocenters. The molecule has 2 N–H and O–H groups in total. The highest BCUT2D eigenvalue weighted by Crippen LogP contribution is 2.39. The molecule has 0 aliphatic heterocycles. The van der Waals surface area contributed by atoms with Crippen molar-refractivity contribution >= 4 is 29.3 Å². The van der Waals surface area contributed by atoms with Gasteiger partial charge in [0.05, 0.1) is 16.9 Å². The number of halogens is 1. The SMILES string of the molecule is O=C(O)[C@H]1C[C@H]1C(=O)Nc1ncccc1Cl. The number of carbonyl (C=O) groups excluding carboxylic acids is 1. The fraction of sp³-hybridized carbons (Fsp3) is 0.300. The summed E-state index contributed by atoms with van der Waals surface area (Å²) < 4.78 is 0. The summed E-state index contributed by atoms with van der Waals surface area (Å²) >= 11 is 5.80. The van der Waals surface area contributed by atoms with E-state index in [0.29, 0.717) is 11.4 Å². The zero-order valence-corrected chi connectivity index (χ0v) is 8.94. The molecule has 0 saturated heterocycles. The van der Waals surface area contributed by atoms with Crippen molar-refractivity contribution in [3.05, 3.63) is 23.4 Å². The number of anilines is 1. The molecule has 0 aromatic carbocycles. The van der Waals surface area contributed by atoms with E-state index in [1.165, 1.54) is 6.20 Å². The predicted octanol–water partition coefficient (Wildman–Crippen LogP) is 1.39. The highest BCUT2D eigenvalue weighted by molar-refractivity contribution is 6.33. The average molecular weight is 241 g/mol. The van der Waals surface area contributed by atoms with Crippen LogP contribution in [0.4, 0.5) is 5.82 Å². The minimum absolute atomic E-state index is 0.269. The minimum atomic E-state index is -0.938. The number of carboxylic acids is 1. The maximum atomic E-state index is 11.6. The third-order valence-corrected chi connectivity index (χ3v) is 2.75. The van der Waals surface area contributed by atoms with Gasteiger partial charge in [0.2, 0.25) is 5.91 Å². The van der Waals surface area contributed by atoms with Crippen LogP contribution in [0.5, 0.6) is 0 Å². The molecule has 6 heteroatoms. The Balaban J connectivity index is 1.99. The zero-order chi connectivity index (χ0) is 11.7. The minimum Gasteiger partial charge on any atom is -0.481 e. The van der Waals surface area contributed by atoms with Gasteiger partial charge in [0.25, 0.3) is 0 Å². The molecule has 0 radical (unpaired) electrons. The Morgan fingerprint density at radius 2 is 2.25 bits per heavy atom. The lowest BCUT2D eigenvalue weighted by Crippen LogP contribution is -2.17. The number of hydrogen-bond donors (Lipinski definition) is 2. The average Bonchev–Trinajstić information content (AvgIpc) is 3.01. The Morgan fingerprint density at radius 3 is 2.81 bits per heavy atom. The molecule has 1 heterocycles. The fourth-order valence-corrected chi connectivity index (χ4v) is 1.61. The van der Waals surface area contributed by atoms with Gasteiger partial charge in [0.1, 0.15) is 0 Å². The van der Waals surface area contributed by atoms with Gasteiger partial charge in [-0.15, -0.1) is 0 Å². The van der Waals surface area contributed by atoms with Crippen molar-refractivity contribution in [2.45, 2.75) is 6.42 Å². The van der Waals surface area contributed by atoms with Crippen LogP contribution in [0.15, 0.2) is 18.3 Å². The van der Waals surface area contributed by atoms with Gasteiger partial charge in [0, 0.05) is 6.20 Å². The smallest absolute Gasteiger partial charge is 0.307 e. The van der Waals surface area contributed by atoms with E-state index < -0.39 is 17.8 Å². The van der Waals surface area contributed by atoms with Crippen molar-refractivity contribution in [2.24, 2.45) is 11.8 Å². The number of aromatic nitrogens is 1. The highest BCUT2D eigenvalue weighted by atomic mass is 35.5.